The molecule has 1 heteroatoms. The molecule has 1 heterocycles. The summed E-state index contributed by atoms with van der Waals surface area (Å²) in [6.45, 7) is 6.78. The summed E-state index contributed by atoms with van der Waals surface area (Å²) in [7, 11) is 0. The van der Waals surface area contributed by atoms with Crippen LogP contribution in [0.1, 0.15) is 30.4 Å². The summed E-state index contributed by atoms with van der Waals surface area (Å²) >= 11 is 0. The van der Waals surface area contributed by atoms with Gasteiger partial charge < -0.3 is 0 Å². The van der Waals surface area contributed by atoms with Crippen molar-refractivity contribution in [3.05, 3.63) is 59.7 Å². The topological polar surface area (TPSA) is 0 Å². The molecule has 0 radical (unpaired) electrons. The lowest BCUT2D eigenvalue weighted by atomic mass is 10.0. The molecule has 1 aliphatic rings. The third-order valence-corrected chi connectivity index (χ3v) is 4.64. The zero-order valence-corrected chi connectivity index (χ0v) is 12.6. The van der Waals surface area contributed by atoms with Gasteiger partial charge in [0.1, 0.15) is 11.4 Å². The Kier molecular flexibility index (Phi) is 3.62. The second-order valence-corrected chi connectivity index (χ2v) is 6.15. The fraction of sp³-hybridized carbons (Fsp3) is 0.368. The molecule has 104 valence electrons. The van der Waals surface area contributed by atoms with E-state index < -0.39 is 0 Å². The fourth-order valence-corrected chi connectivity index (χ4v) is 3.38. The third kappa shape index (κ3) is 2.38. The summed E-state index contributed by atoms with van der Waals surface area (Å²) in [5, 5.41) is 0. The minimum Gasteiger partial charge on any atom is -0.259 e. The van der Waals surface area contributed by atoms with Crippen LogP contribution in [0.4, 0.5) is 11.4 Å². The molecule has 1 aliphatic heterocycles. The molecule has 0 unspecified atom stereocenters. The largest absolute Gasteiger partial charge is 0.259 e. The van der Waals surface area contributed by atoms with Crippen molar-refractivity contribution in [3.63, 3.8) is 0 Å². The van der Waals surface area contributed by atoms with Gasteiger partial charge in [-0.1, -0.05) is 35.4 Å². The molecule has 0 atom stereocenters. The van der Waals surface area contributed by atoms with E-state index in [4.69, 9.17) is 0 Å². The smallest absolute Gasteiger partial charge is 0.137 e. The first kappa shape index (κ1) is 13.4. The second-order valence-electron chi connectivity index (χ2n) is 6.15. The molecule has 0 aliphatic carbocycles. The van der Waals surface area contributed by atoms with Crippen molar-refractivity contribution in [1.82, 2.24) is 4.48 Å². The summed E-state index contributed by atoms with van der Waals surface area (Å²) in [5.41, 5.74) is 5.57. The average molecular weight is 266 g/mol. The first-order chi connectivity index (χ1) is 9.71. The van der Waals surface area contributed by atoms with Crippen molar-refractivity contribution in [2.45, 2.75) is 33.1 Å². The lowest BCUT2D eigenvalue weighted by molar-refractivity contribution is 0.315. The van der Waals surface area contributed by atoms with Gasteiger partial charge in [-0.2, -0.15) is 0 Å². The Morgan fingerprint density at radius 1 is 0.600 bits per heavy atom. The van der Waals surface area contributed by atoms with Gasteiger partial charge in [0.05, 0.1) is 13.1 Å². The van der Waals surface area contributed by atoms with E-state index in [0.29, 0.717) is 0 Å². The van der Waals surface area contributed by atoms with Gasteiger partial charge >= 0.3 is 0 Å². The van der Waals surface area contributed by atoms with E-state index in [1.807, 2.05) is 0 Å². The van der Waals surface area contributed by atoms with Gasteiger partial charge in [-0.3, -0.25) is 4.48 Å². The van der Waals surface area contributed by atoms with Crippen LogP contribution in [-0.2, 0) is 0 Å². The van der Waals surface area contributed by atoms with E-state index in [0.717, 1.165) is 4.48 Å². The third-order valence-electron chi connectivity index (χ3n) is 4.64. The van der Waals surface area contributed by atoms with E-state index in [-0.39, 0.29) is 0 Å². The van der Waals surface area contributed by atoms with E-state index in [1.54, 1.807) is 0 Å². The monoisotopic (exact) mass is 266 g/mol. The number of quaternary nitrogens is 1. The highest BCUT2D eigenvalue weighted by molar-refractivity contribution is 5.59. The van der Waals surface area contributed by atoms with Crippen LogP contribution >= 0.6 is 0 Å². The van der Waals surface area contributed by atoms with Gasteiger partial charge in [-0.15, -0.1) is 0 Å². The quantitative estimate of drug-likeness (QED) is 0.661. The molecule has 0 saturated carbocycles. The van der Waals surface area contributed by atoms with Crippen LogP contribution in [0.3, 0.4) is 0 Å². The highest BCUT2D eigenvalue weighted by Crippen LogP contribution is 2.38. The number of nitrogens with zero attached hydrogens (tertiary/aromatic N) is 1. The van der Waals surface area contributed by atoms with E-state index in [1.165, 1.54) is 54.9 Å². The van der Waals surface area contributed by atoms with Crippen molar-refractivity contribution < 1.29 is 0 Å². The Labute approximate surface area is 122 Å². The van der Waals surface area contributed by atoms with Crippen molar-refractivity contribution >= 4 is 11.4 Å². The maximum absolute atomic E-state index is 2.32. The number of hydrogen-bond donors (Lipinski definition) is 0. The summed E-state index contributed by atoms with van der Waals surface area (Å²) in [4.78, 5) is 0. The summed E-state index contributed by atoms with van der Waals surface area (Å²) in [6, 6.07) is 18.3. The summed E-state index contributed by atoms with van der Waals surface area (Å²) < 4.78 is 1.03. The van der Waals surface area contributed by atoms with Crippen LogP contribution < -0.4 is 4.48 Å². The molecular weight excluding hydrogens is 242 g/mol. The van der Waals surface area contributed by atoms with Crippen molar-refractivity contribution in [1.29, 1.82) is 0 Å². The lowest BCUT2D eigenvalue weighted by Gasteiger charge is -2.40. The van der Waals surface area contributed by atoms with Gasteiger partial charge in [0.15, 0.2) is 0 Å². The number of benzene rings is 2. The highest BCUT2D eigenvalue weighted by Gasteiger charge is 2.34. The summed E-state index contributed by atoms with van der Waals surface area (Å²) in [5.74, 6) is 0. The highest BCUT2D eigenvalue weighted by atomic mass is 15.4. The molecule has 2 aromatic rings. The van der Waals surface area contributed by atoms with Gasteiger partial charge in [-0.25, -0.2) is 0 Å². The molecule has 1 fully saturated rings. The maximum atomic E-state index is 2.32. The van der Waals surface area contributed by atoms with Gasteiger partial charge in [-0.05, 0) is 57.4 Å². The van der Waals surface area contributed by atoms with Crippen LogP contribution in [0.2, 0.25) is 0 Å². The zero-order chi connectivity index (χ0) is 14.0. The Balaban J connectivity index is 2.08. The Hall–Kier alpha value is -1.60. The molecule has 0 aromatic heterocycles. The number of aryl methyl sites for hydroxylation is 2. The van der Waals surface area contributed by atoms with Gasteiger partial charge in [0.2, 0.25) is 0 Å². The van der Waals surface area contributed by atoms with Crippen molar-refractivity contribution in [2.75, 3.05) is 13.1 Å². The van der Waals surface area contributed by atoms with E-state index in [9.17, 15) is 0 Å². The second kappa shape index (κ2) is 5.41. The molecular formula is C19H24N+. The number of piperidine rings is 1. The molecule has 2 aromatic carbocycles. The van der Waals surface area contributed by atoms with Gasteiger partial charge in [0.25, 0.3) is 0 Å². The zero-order valence-electron chi connectivity index (χ0n) is 12.6. The van der Waals surface area contributed by atoms with Crippen molar-refractivity contribution in [2.24, 2.45) is 0 Å². The van der Waals surface area contributed by atoms with Crippen molar-refractivity contribution in [3.8, 4) is 0 Å². The first-order valence-electron chi connectivity index (χ1n) is 7.72. The predicted molar refractivity (Wildman–Crippen MR) is 87.4 cm³/mol. The minimum atomic E-state index is 1.03. The van der Waals surface area contributed by atoms with Crippen LogP contribution in [0.25, 0.3) is 0 Å². The van der Waals surface area contributed by atoms with E-state index >= 15 is 0 Å². The minimum absolute atomic E-state index is 1.03. The van der Waals surface area contributed by atoms with Crippen LogP contribution in [0, 0.1) is 13.8 Å². The number of hydrogen-bond acceptors (Lipinski definition) is 0. The van der Waals surface area contributed by atoms with Crippen LogP contribution in [0.5, 0.6) is 0 Å². The van der Waals surface area contributed by atoms with E-state index in [2.05, 4.69) is 62.4 Å². The van der Waals surface area contributed by atoms with Crippen LogP contribution in [0.15, 0.2) is 48.5 Å². The fourth-order valence-electron chi connectivity index (χ4n) is 3.38. The normalized spacial score (nSPS) is 17.9. The number of rotatable bonds is 2. The maximum Gasteiger partial charge on any atom is 0.137 e. The summed E-state index contributed by atoms with van der Waals surface area (Å²) in [6.07, 6.45) is 4.02. The van der Waals surface area contributed by atoms with Gasteiger partial charge in [0, 0.05) is 0 Å². The first-order valence-corrected chi connectivity index (χ1v) is 7.72. The lowest BCUT2D eigenvalue weighted by Crippen LogP contribution is -2.48. The van der Waals surface area contributed by atoms with Crippen LogP contribution in [-0.4, -0.2) is 13.1 Å². The molecule has 0 spiro atoms. The predicted octanol–water partition coefficient (Wildman–Crippen LogP) is 5.13. The molecule has 1 saturated heterocycles. The Morgan fingerprint density at radius 3 is 1.40 bits per heavy atom. The Bertz CT molecular complexity index is 512. The Morgan fingerprint density at radius 2 is 1.00 bits per heavy atom. The molecule has 1 nitrogen and oxygen atoms in total. The average Bonchev–Trinajstić information content (AvgIpc) is 2.49. The molecule has 3 rings (SSSR count). The molecule has 0 bridgehead atoms. The standard InChI is InChI=1S/C19H24N/c1-16-6-10-18(11-7-16)20(14-4-3-5-15-20)19-12-8-17(2)9-13-19/h6-13H,3-5,14-15H2,1-2H3/q+1. The molecule has 0 N–H and O–H groups in total. The SMILES string of the molecule is Cc1ccc([N+]2(c3ccc(C)cc3)CCCCC2)cc1. The molecule has 0 amide bonds. The molecule has 20 heavy (non-hydrogen) atoms.